The summed E-state index contributed by atoms with van der Waals surface area (Å²) >= 11 is 6.82. The van der Waals surface area contributed by atoms with E-state index in [0.717, 1.165) is 16.7 Å². The second-order valence-electron chi connectivity index (χ2n) is 8.32. The molecule has 0 aromatic heterocycles. The molecule has 0 spiro atoms. The van der Waals surface area contributed by atoms with Gasteiger partial charge < -0.3 is 9.47 Å². The lowest BCUT2D eigenvalue weighted by atomic mass is 10.1. The Labute approximate surface area is 220 Å². The molecule has 0 N–H and O–H groups in total. The van der Waals surface area contributed by atoms with Crippen LogP contribution in [-0.4, -0.2) is 21.7 Å². The summed E-state index contributed by atoms with van der Waals surface area (Å²) in [5.41, 5.74) is 3.01. The van der Waals surface area contributed by atoms with Gasteiger partial charge in [-0.25, -0.2) is 0 Å². The minimum atomic E-state index is -0.0805. The largest absolute Gasteiger partial charge is 0.490 e. The Morgan fingerprint density at radius 3 is 2.50 bits per heavy atom. The summed E-state index contributed by atoms with van der Waals surface area (Å²) in [6, 6.07) is 30.1. The normalized spacial score (nSPS) is 14.6. The highest BCUT2D eigenvalue weighted by Gasteiger charge is 2.32. The van der Waals surface area contributed by atoms with E-state index in [9.17, 15) is 4.79 Å². The molecule has 1 saturated heterocycles. The molecule has 4 aromatic carbocycles. The van der Waals surface area contributed by atoms with Gasteiger partial charge in [-0.2, -0.15) is 0 Å². The van der Waals surface area contributed by atoms with E-state index in [0.29, 0.717) is 40.5 Å². The molecule has 6 heteroatoms. The van der Waals surface area contributed by atoms with Crippen molar-refractivity contribution in [1.82, 2.24) is 4.90 Å². The standard InChI is InChI=1S/C30H25NO3S2/c1-2-33-27-17-22(18-28-29(32)31(30(35)36-28)19-21-9-4-3-5-10-21)15-16-26(27)34-20-24-13-8-12-23-11-6-7-14-25(23)24/h3-18H,2,19-20H2,1H3/b28-18-. The highest BCUT2D eigenvalue weighted by atomic mass is 32.2. The molecule has 0 unspecified atom stereocenters. The van der Waals surface area contributed by atoms with Crippen molar-refractivity contribution in [1.29, 1.82) is 0 Å². The SMILES string of the molecule is CCOc1cc(/C=C2\SC(=S)N(Cc3ccccc3)C2=O)ccc1OCc1cccc2ccccc12. The second-order valence-corrected chi connectivity index (χ2v) is 10.00. The van der Waals surface area contributed by atoms with Gasteiger partial charge in [0.2, 0.25) is 0 Å². The number of nitrogens with zero attached hydrogens (tertiary/aromatic N) is 1. The molecule has 1 aliphatic rings. The van der Waals surface area contributed by atoms with E-state index < -0.39 is 0 Å². The zero-order chi connectivity index (χ0) is 24.9. The second kappa shape index (κ2) is 11.0. The number of carbonyl (C=O) groups is 1. The Morgan fingerprint density at radius 1 is 0.889 bits per heavy atom. The van der Waals surface area contributed by atoms with E-state index in [2.05, 4.69) is 24.3 Å². The van der Waals surface area contributed by atoms with Crippen LogP contribution in [0.3, 0.4) is 0 Å². The molecule has 1 heterocycles. The molecule has 5 rings (SSSR count). The highest BCUT2D eigenvalue weighted by Crippen LogP contribution is 2.36. The van der Waals surface area contributed by atoms with Gasteiger partial charge in [0.25, 0.3) is 5.91 Å². The molecule has 36 heavy (non-hydrogen) atoms. The van der Waals surface area contributed by atoms with E-state index >= 15 is 0 Å². The van der Waals surface area contributed by atoms with Gasteiger partial charge in [-0.05, 0) is 52.6 Å². The molecule has 180 valence electrons. The average Bonchev–Trinajstić information content (AvgIpc) is 3.16. The maximum atomic E-state index is 13.1. The fourth-order valence-corrected chi connectivity index (χ4v) is 5.38. The maximum Gasteiger partial charge on any atom is 0.266 e. The van der Waals surface area contributed by atoms with Crippen LogP contribution in [0.4, 0.5) is 0 Å². The van der Waals surface area contributed by atoms with Crippen LogP contribution in [0.15, 0.2) is 95.9 Å². The molecular formula is C30H25NO3S2. The number of benzene rings is 4. The third-order valence-corrected chi connectivity index (χ3v) is 7.26. The Morgan fingerprint density at radius 2 is 1.67 bits per heavy atom. The van der Waals surface area contributed by atoms with E-state index in [1.165, 1.54) is 22.5 Å². The summed E-state index contributed by atoms with van der Waals surface area (Å²) in [6.45, 7) is 3.34. The van der Waals surface area contributed by atoms with Crippen LogP contribution in [0.25, 0.3) is 16.8 Å². The Kier molecular flexibility index (Phi) is 7.35. The highest BCUT2D eigenvalue weighted by molar-refractivity contribution is 8.26. The molecular weight excluding hydrogens is 486 g/mol. The van der Waals surface area contributed by atoms with Crippen LogP contribution in [0, 0.1) is 0 Å². The summed E-state index contributed by atoms with van der Waals surface area (Å²) < 4.78 is 12.6. The number of ether oxygens (including phenoxy) is 2. The van der Waals surface area contributed by atoms with E-state index in [1.807, 2.05) is 79.7 Å². The smallest absolute Gasteiger partial charge is 0.266 e. The number of fused-ring (bicyclic) bond motifs is 1. The monoisotopic (exact) mass is 511 g/mol. The van der Waals surface area contributed by atoms with E-state index in [-0.39, 0.29) is 5.91 Å². The topological polar surface area (TPSA) is 38.8 Å². The van der Waals surface area contributed by atoms with Crippen LogP contribution < -0.4 is 9.47 Å². The lowest BCUT2D eigenvalue weighted by Gasteiger charge is -2.14. The molecule has 1 aliphatic heterocycles. The quantitative estimate of drug-likeness (QED) is 0.184. The van der Waals surface area contributed by atoms with Crippen molar-refractivity contribution >= 4 is 51.1 Å². The van der Waals surface area contributed by atoms with E-state index in [1.54, 1.807) is 4.90 Å². The maximum absolute atomic E-state index is 13.1. The number of carbonyl (C=O) groups excluding carboxylic acids is 1. The minimum absolute atomic E-state index is 0.0805. The van der Waals surface area contributed by atoms with Crippen LogP contribution in [0.1, 0.15) is 23.6 Å². The minimum Gasteiger partial charge on any atom is -0.490 e. The summed E-state index contributed by atoms with van der Waals surface area (Å²) in [7, 11) is 0. The summed E-state index contributed by atoms with van der Waals surface area (Å²) in [4.78, 5) is 15.3. The molecule has 0 saturated carbocycles. The van der Waals surface area contributed by atoms with Gasteiger partial charge >= 0.3 is 0 Å². The summed E-state index contributed by atoms with van der Waals surface area (Å²) in [5, 5.41) is 2.36. The Bertz CT molecular complexity index is 1440. The van der Waals surface area contributed by atoms with Crippen LogP contribution in [-0.2, 0) is 17.9 Å². The number of thioether (sulfide) groups is 1. The van der Waals surface area contributed by atoms with Crippen LogP contribution in [0.5, 0.6) is 11.5 Å². The molecule has 0 atom stereocenters. The Hall–Kier alpha value is -3.61. The fourth-order valence-electron chi connectivity index (χ4n) is 4.13. The number of hydrogen-bond donors (Lipinski definition) is 0. The van der Waals surface area contributed by atoms with Crippen molar-refractivity contribution < 1.29 is 14.3 Å². The third-order valence-electron chi connectivity index (χ3n) is 5.89. The van der Waals surface area contributed by atoms with Crippen molar-refractivity contribution in [3.63, 3.8) is 0 Å². The first-order valence-electron chi connectivity index (χ1n) is 11.8. The number of hydrogen-bond acceptors (Lipinski definition) is 5. The average molecular weight is 512 g/mol. The zero-order valence-corrected chi connectivity index (χ0v) is 21.5. The van der Waals surface area contributed by atoms with Gasteiger partial charge in [-0.3, -0.25) is 9.69 Å². The van der Waals surface area contributed by atoms with Crippen LogP contribution in [0.2, 0.25) is 0 Å². The zero-order valence-electron chi connectivity index (χ0n) is 19.8. The van der Waals surface area contributed by atoms with Gasteiger partial charge in [-0.1, -0.05) is 103 Å². The molecule has 4 aromatic rings. The molecule has 0 radical (unpaired) electrons. The predicted octanol–water partition coefficient (Wildman–Crippen LogP) is 7.22. The van der Waals surface area contributed by atoms with Gasteiger partial charge in [-0.15, -0.1) is 0 Å². The van der Waals surface area contributed by atoms with Gasteiger partial charge in [0, 0.05) is 0 Å². The molecule has 1 amide bonds. The summed E-state index contributed by atoms with van der Waals surface area (Å²) in [6.07, 6.45) is 1.86. The van der Waals surface area contributed by atoms with Crippen molar-refractivity contribution in [2.45, 2.75) is 20.1 Å². The number of rotatable bonds is 8. The Balaban J connectivity index is 1.34. The number of amides is 1. The summed E-state index contributed by atoms with van der Waals surface area (Å²) in [5.74, 6) is 1.23. The van der Waals surface area contributed by atoms with Gasteiger partial charge in [0.1, 0.15) is 10.9 Å². The van der Waals surface area contributed by atoms with Gasteiger partial charge in [0.15, 0.2) is 11.5 Å². The van der Waals surface area contributed by atoms with Crippen LogP contribution >= 0.6 is 24.0 Å². The van der Waals surface area contributed by atoms with E-state index in [4.69, 9.17) is 21.7 Å². The molecule has 0 bridgehead atoms. The molecule has 1 fully saturated rings. The molecule has 0 aliphatic carbocycles. The predicted molar refractivity (Wildman–Crippen MR) is 151 cm³/mol. The lowest BCUT2D eigenvalue weighted by Crippen LogP contribution is -2.27. The van der Waals surface area contributed by atoms with Crippen molar-refractivity contribution in [3.05, 3.63) is 113 Å². The van der Waals surface area contributed by atoms with Gasteiger partial charge in [0.05, 0.1) is 18.1 Å². The lowest BCUT2D eigenvalue weighted by molar-refractivity contribution is -0.122. The first-order chi connectivity index (χ1) is 17.6. The first kappa shape index (κ1) is 24.1. The fraction of sp³-hybridized carbons (Fsp3) is 0.133. The third kappa shape index (κ3) is 5.30. The van der Waals surface area contributed by atoms with Crippen molar-refractivity contribution in [2.75, 3.05) is 6.61 Å². The van der Waals surface area contributed by atoms with Crippen molar-refractivity contribution in [3.8, 4) is 11.5 Å². The number of thiocarbonyl (C=S) groups is 1. The first-order valence-corrected chi connectivity index (χ1v) is 13.0. The van der Waals surface area contributed by atoms with Crippen molar-refractivity contribution in [2.24, 2.45) is 0 Å². The molecule has 4 nitrogen and oxygen atoms in total.